The number of anilines is 1. The first-order valence-electron chi connectivity index (χ1n) is 8.22. The minimum absolute atomic E-state index is 0.0534. The molecule has 0 bridgehead atoms. The topological polar surface area (TPSA) is 103 Å². The van der Waals surface area contributed by atoms with E-state index in [-0.39, 0.29) is 30.0 Å². The number of carbonyl (C=O) groups is 1. The third kappa shape index (κ3) is 4.71. The minimum Gasteiger partial charge on any atom is -0.468 e. The maximum absolute atomic E-state index is 12.4. The highest BCUT2D eigenvalue weighted by Crippen LogP contribution is 2.20. The summed E-state index contributed by atoms with van der Waals surface area (Å²) in [6.07, 6.45) is 2.06. The Morgan fingerprint density at radius 1 is 1.31 bits per heavy atom. The molecule has 8 heteroatoms. The van der Waals surface area contributed by atoms with Crippen LogP contribution in [0.1, 0.15) is 17.7 Å². The summed E-state index contributed by atoms with van der Waals surface area (Å²) in [5, 5.41) is 11.6. The minimum atomic E-state index is -3.06. The van der Waals surface area contributed by atoms with Gasteiger partial charge >= 0.3 is 0 Å². The third-order valence-corrected chi connectivity index (χ3v) is 6.06. The van der Waals surface area contributed by atoms with Crippen molar-refractivity contribution in [3.63, 3.8) is 0 Å². The second-order valence-corrected chi connectivity index (χ2v) is 8.51. The monoisotopic (exact) mass is 373 g/mol. The van der Waals surface area contributed by atoms with Crippen molar-refractivity contribution < 1.29 is 17.6 Å². The predicted octanol–water partition coefficient (Wildman–Crippen LogP) is 1.78. The Kier molecular flexibility index (Phi) is 5.40. The van der Waals surface area contributed by atoms with Crippen LogP contribution in [-0.4, -0.2) is 43.3 Å². The third-order valence-electron chi connectivity index (χ3n) is 4.31. The van der Waals surface area contributed by atoms with Gasteiger partial charge in [0.15, 0.2) is 9.84 Å². The van der Waals surface area contributed by atoms with Gasteiger partial charge in [-0.3, -0.25) is 9.69 Å². The van der Waals surface area contributed by atoms with Crippen LogP contribution in [0.2, 0.25) is 0 Å². The first-order chi connectivity index (χ1) is 12.4. The molecule has 1 aliphatic heterocycles. The number of carbonyl (C=O) groups excluding carboxylic acids is 1. The van der Waals surface area contributed by atoms with Crippen molar-refractivity contribution in [3.8, 4) is 6.07 Å². The van der Waals surface area contributed by atoms with E-state index in [9.17, 15) is 13.2 Å². The van der Waals surface area contributed by atoms with Gasteiger partial charge in [-0.1, -0.05) is 0 Å². The Morgan fingerprint density at radius 3 is 2.65 bits per heavy atom. The molecule has 1 aliphatic rings. The highest BCUT2D eigenvalue weighted by molar-refractivity contribution is 7.91. The van der Waals surface area contributed by atoms with Gasteiger partial charge < -0.3 is 9.73 Å². The second kappa shape index (κ2) is 7.72. The highest BCUT2D eigenvalue weighted by atomic mass is 32.2. The summed E-state index contributed by atoms with van der Waals surface area (Å²) in [6, 6.07) is 11.9. The molecular weight excluding hydrogens is 354 g/mol. The maximum Gasteiger partial charge on any atom is 0.238 e. The normalized spacial score (nSPS) is 18.5. The number of rotatable bonds is 6. The number of benzene rings is 1. The van der Waals surface area contributed by atoms with Crippen LogP contribution in [0.5, 0.6) is 0 Å². The Labute approximate surface area is 152 Å². The zero-order valence-electron chi connectivity index (χ0n) is 14.1. The Hall–Kier alpha value is -2.63. The number of nitriles is 1. The van der Waals surface area contributed by atoms with E-state index in [0.717, 1.165) is 0 Å². The van der Waals surface area contributed by atoms with Gasteiger partial charge in [0.25, 0.3) is 0 Å². The lowest BCUT2D eigenvalue weighted by atomic mass is 10.2. The van der Waals surface area contributed by atoms with Gasteiger partial charge in [0.05, 0.1) is 42.5 Å². The number of nitrogens with zero attached hydrogens (tertiary/aromatic N) is 2. The summed E-state index contributed by atoms with van der Waals surface area (Å²) in [4.78, 5) is 14.3. The fourth-order valence-corrected chi connectivity index (χ4v) is 4.75. The molecule has 2 heterocycles. The zero-order chi connectivity index (χ0) is 18.6. The van der Waals surface area contributed by atoms with Crippen LogP contribution in [0, 0.1) is 11.3 Å². The largest absolute Gasteiger partial charge is 0.468 e. The van der Waals surface area contributed by atoms with Crippen LogP contribution in [-0.2, 0) is 21.2 Å². The average molecular weight is 373 g/mol. The van der Waals surface area contributed by atoms with Gasteiger partial charge in [-0.05, 0) is 42.8 Å². The van der Waals surface area contributed by atoms with E-state index in [0.29, 0.717) is 30.0 Å². The van der Waals surface area contributed by atoms with Crippen LogP contribution in [0.4, 0.5) is 5.69 Å². The molecule has 0 aliphatic carbocycles. The standard InChI is InChI=1S/C18H19N3O4S/c19-10-14-3-5-15(6-4-14)20-18(22)12-21(11-17-2-1-8-25-17)16-7-9-26(23,24)13-16/h1-6,8,16H,7,9,11-13H2,(H,20,22)/t16-/m1/s1. The van der Waals surface area contributed by atoms with Crippen molar-refractivity contribution in [2.75, 3.05) is 23.4 Å². The smallest absolute Gasteiger partial charge is 0.238 e. The van der Waals surface area contributed by atoms with E-state index in [4.69, 9.17) is 9.68 Å². The lowest BCUT2D eigenvalue weighted by molar-refractivity contribution is -0.118. The SMILES string of the molecule is N#Cc1ccc(NC(=O)CN(Cc2ccco2)[C@@H]2CCS(=O)(=O)C2)cc1. The molecule has 1 amide bonds. The molecule has 1 fully saturated rings. The number of amides is 1. The summed E-state index contributed by atoms with van der Waals surface area (Å²) < 4.78 is 29.0. The van der Waals surface area contributed by atoms with Gasteiger partial charge in [-0.25, -0.2) is 8.42 Å². The lowest BCUT2D eigenvalue weighted by Crippen LogP contribution is -2.41. The summed E-state index contributed by atoms with van der Waals surface area (Å²) in [6.45, 7) is 0.425. The zero-order valence-corrected chi connectivity index (χ0v) is 14.9. The molecule has 1 N–H and O–H groups in total. The van der Waals surface area contributed by atoms with E-state index >= 15 is 0 Å². The summed E-state index contributed by atoms with van der Waals surface area (Å²) in [5.74, 6) is 0.632. The summed E-state index contributed by atoms with van der Waals surface area (Å²) in [7, 11) is -3.06. The van der Waals surface area contributed by atoms with Gasteiger partial charge in [0.2, 0.25) is 5.91 Å². The molecule has 0 spiro atoms. The quantitative estimate of drug-likeness (QED) is 0.828. The molecule has 1 aromatic heterocycles. The van der Waals surface area contributed by atoms with Gasteiger partial charge in [0.1, 0.15) is 5.76 Å². The maximum atomic E-state index is 12.4. The van der Waals surface area contributed by atoms with Crippen LogP contribution in [0.3, 0.4) is 0 Å². The first kappa shape index (κ1) is 18.2. The average Bonchev–Trinajstić information content (AvgIpc) is 3.24. The molecule has 136 valence electrons. The Morgan fingerprint density at radius 2 is 2.08 bits per heavy atom. The van der Waals surface area contributed by atoms with Crippen molar-refractivity contribution in [3.05, 3.63) is 54.0 Å². The molecule has 1 atom stereocenters. The van der Waals surface area contributed by atoms with Gasteiger partial charge in [-0.2, -0.15) is 5.26 Å². The molecule has 0 saturated carbocycles. The van der Waals surface area contributed by atoms with Crippen molar-refractivity contribution in [1.29, 1.82) is 5.26 Å². The number of sulfone groups is 1. The number of hydrogen-bond acceptors (Lipinski definition) is 6. The molecule has 1 aromatic carbocycles. The Bertz CT molecular complexity index is 899. The van der Waals surface area contributed by atoms with Crippen molar-refractivity contribution in [2.45, 2.75) is 19.0 Å². The molecule has 1 saturated heterocycles. The lowest BCUT2D eigenvalue weighted by Gasteiger charge is -2.26. The van der Waals surface area contributed by atoms with E-state index in [1.807, 2.05) is 11.0 Å². The second-order valence-electron chi connectivity index (χ2n) is 6.28. The number of nitrogens with one attached hydrogen (secondary N) is 1. The highest BCUT2D eigenvalue weighted by Gasteiger charge is 2.33. The van der Waals surface area contributed by atoms with Crippen LogP contribution in [0.15, 0.2) is 47.1 Å². The summed E-state index contributed by atoms with van der Waals surface area (Å²) >= 11 is 0. The Balaban J connectivity index is 1.67. The van der Waals surface area contributed by atoms with Crippen molar-refractivity contribution in [1.82, 2.24) is 4.90 Å². The van der Waals surface area contributed by atoms with Gasteiger partial charge in [-0.15, -0.1) is 0 Å². The molecule has 7 nitrogen and oxygen atoms in total. The van der Waals surface area contributed by atoms with Crippen molar-refractivity contribution in [2.24, 2.45) is 0 Å². The first-order valence-corrected chi connectivity index (χ1v) is 10.0. The number of hydrogen-bond donors (Lipinski definition) is 1. The molecule has 2 aromatic rings. The van der Waals surface area contributed by atoms with E-state index in [2.05, 4.69) is 5.32 Å². The molecule has 0 unspecified atom stereocenters. The number of furan rings is 1. The fourth-order valence-electron chi connectivity index (χ4n) is 2.99. The molecule has 0 radical (unpaired) electrons. The van der Waals surface area contributed by atoms with Crippen LogP contribution < -0.4 is 5.32 Å². The van der Waals surface area contributed by atoms with Gasteiger partial charge in [0, 0.05) is 11.7 Å². The van der Waals surface area contributed by atoms with Crippen LogP contribution >= 0.6 is 0 Å². The van der Waals surface area contributed by atoms with Crippen molar-refractivity contribution >= 4 is 21.4 Å². The predicted molar refractivity (Wildman–Crippen MR) is 96.0 cm³/mol. The van der Waals surface area contributed by atoms with Crippen LogP contribution in [0.25, 0.3) is 0 Å². The van der Waals surface area contributed by atoms with E-state index < -0.39 is 9.84 Å². The molecule has 3 rings (SSSR count). The fraction of sp³-hybridized carbons (Fsp3) is 0.333. The molecule has 26 heavy (non-hydrogen) atoms. The summed E-state index contributed by atoms with van der Waals surface area (Å²) in [5.41, 5.74) is 1.10. The van der Waals surface area contributed by atoms with E-state index in [1.54, 1.807) is 42.7 Å². The molecular formula is C18H19N3O4S. The van der Waals surface area contributed by atoms with E-state index in [1.165, 1.54) is 0 Å².